The average Bonchev–Trinajstić information content (AvgIpc) is 2.84. The number of rotatable bonds is 3. The maximum absolute atomic E-state index is 4.14. The van der Waals surface area contributed by atoms with Crippen molar-refractivity contribution in [1.29, 1.82) is 0 Å². The van der Waals surface area contributed by atoms with Gasteiger partial charge in [-0.15, -0.1) is 5.10 Å². The minimum absolute atomic E-state index is 0.945. The first-order valence-corrected chi connectivity index (χ1v) is 6.62. The van der Waals surface area contributed by atoms with Gasteiger partial charge in [0.1, 0.15) is 5.52 Å². The van der Waals surface area contributed by atoms with Crippen LogP contribution in [0.4, 0.5) is 0 Å². The summed E-state index contributed by atoms with van der Waals surface area (Å²) >= 11 is 0. The van der Waals surface area contributed by atoms with E-state index in [1.807, 2.05) is 35.1 Å². The van der Waals surface area contributed by atoms with Gasteiger partial charge in [-0.25, -0.2) is 4.68 Å². The molecule has 1 saturated heterocycles. The Labute approximate surface area is 107 Å². The second-order valence-electron chi connectivity index (χ2n) is 4.77. The van der Waals surface area contributed by atoms with E-state index >= 15 is 0 Å². The summed E-state index contributed by atoms with van der Waals surface area (Å²) in [4.78, 5) is 2.49. The van der Waals surface area contributed by atoms with Crippen LogP contribution >= 0.6 is 0 Å². The molecule has 0 spiro atoms. The summed E-state index contributed by atoms with van der Waals surface area (Å²) in [6.07, 6.45) is 8.24. The van der Waals surface area contributed by atoms with Gasteiger partial charge >= 0.3 is 0 Å². The van der Waals surface area contributed by atoms with Crippen molar-refractivity contribution in [3.8, 4) is 0 Å². The second kappa shape index (κ2) is 5.31. The number of nitrogens with zero attached hydrogens (tertiary/aromatic N) is 4. The molecule has 0 aliphatic carbocycles. The molecule has 1 fully saturated rings. The fourth-order valence-electron chi connectivity index (χ4n) is 2.44. The van der Waals surface area contributed by atoms with E-state index in [1.165, 1.54) is 32.4 Å². The summed E-state index contributed by atoms with van der Waals surface area (Å²) in [5.41, 5.74) is 2.01. The van der Waals surface area contributed by atoms with Gasteiger partial charge in [0.15, 0.2) is 0 Å². The van der Waals surface area contributed by atoms with Gasteiger partial charge in [-0.05, 0) is 38.1 Å². The Hall–Kier alpha value is -1.68. The smallest absolute Gasteiger partial charge is 0.113 e. The topological polar surface area (TPSA) is 34.0 Å². The van der Waals surface area contributed by atoms with Crippen molar-refractivity contribution in [3.63, 3.8) is 0 Å². The second-order valence-corrected chi connectivity index (χ2v) is 4.77. The summed E-state index contributed by atoms with van der Waals surface area (Å²) < 4.78 is 1.85. The molecule has 0 atom stereocenters. The van der Waals surface area contributed by atoms with Crippen molar-refractivity contribution < 1.29 is 0 Å². The van der Waals surface area contributed by atoms with E-state index in [2.05, 4.69) is 21.3 Å². The maximum atomic E-state index is 4.14. The lowest BCUT2D eigenvalue weighted by Gasteiger charge is -2.24. The lowest BCUT2D eigenvalue weighted by atomic mass is 10.1. The molecule has 1 aliphatic heterocycles. The number of fused-ring (bicyclic) bond motifs is 1. The normalized spacial score (nSPS) is 17.8. The van der Waals surface area contributed by atoms with Crippen LogP contribution in [0.2, 0.25) is 0 Å². The Morgan fingerprint density at radius 1 is 1.11 bits per heavy atom. The van der Waals surface area contributed by atoms with Gasteiger partial charge in [0.2, 0.25) is 0 Å². The lowest BCUT2D eigenvalue weighted by Crippen LogP contribution is -2.29. The number of likely N-dealkylation sites (tertiary alicyclic amines) is 1. The third-order valence-electron chi connectivity index (χ3n) is 3.44. The fraction of sp³-hybridized carbons (Fsp3) is 0.429. The number of piperidine rings is 1. The molecule has 0 radical (unpaired) electrons. The Kier molecular flexibility index (Phi) is 3.37. The summed E-state index contributed by atoms with van der Waals surface area (Å²) in [6.45, 7) is 3.46. The molecule has 4 heteroatoms. The molecule has 0 saturated carbocycles. The van der Waals surface area contributed by atoms with Crippen molar-refractivity contribution in [2.24, 2.45) is 0 Å². The molecule has 0 amide bonds. The van der Waals surface area contributed by atoms with Crippen LogP contribution in [0, 0.1) is 0 Å². The summed E-state index contributed by atoms with van der Waals surface area (Å²) in [7, 11) is 0. The first-order valence-electron chi connectivity index (χ1n) is 6.62. The molecule has 1 aromatic carbocycles. The summed E-state index contributed by atoms with van der Waals surface area (Å²) in [6, 6.07) is 8.03. The number of benzene rings is 1. The average molecular weight is 242 g/mol. The van der Waals surface area contributed by atoms with E-state index in [9.17, 15) is 0 Å². The first-order chi connectivity index (χ1) is 8.93. The first kappa shape index (κ1) is 11.4. The van der Waals surface area contributed by atoms with Crippen LogP contribution in [0.5, 0.6) is 0 Å². The van der Waals surface area contributed by atoms with Crippen molar-refractivity contribution in [2.75, 3.05) is 19.6 Å². The largest absolute Gasteiger partial charge is 0.300 e. The molecular weight excluding hydrogens is 224 g/mol. The van der Waals surface area contributed by atoms with Gasteiger partial charge < -0.3 is 0 Å². The number of hydrogen-bond acceptors (Lipinski definition) is 3. The third kappa shape index (κ3) is 2.43. The van der Waals surface area contributed by atoms with E-state index in [0.29, 0.717) is 0 Å². The van der Waals surface area contributed by atoms with Crippen LogP contribution < -0.4 is 0 Å². The van der Waals surface area contributed by atoms with Crippen molar-refractivity contribution >= 4 is 17.2 Å². The molecule has 18 heavy (non-hydrogen) atoms. The van der Waals surface area contributed by atoms with Gasteiger partial charge in [-0.2, -0.15) is 0 Å². The highest BCUT2D eigenvalue weighted by Crippen LogP contribution is 2.11. The van der Waals surface area contributed by atoms with Crippen molar-refractivity contribution in [2.45, 2.75) is 19.3 Å². The van der Waals surface area contributed by atoms with E-state index in [0.717, 1.165) is 17.6 Å². The SMILES string of the molecule is C(=C\n1nnc2ccccc21)/CN1CCCCC1. The van der Waals surface area contributed by atoms with Gasteiger partial charge in [0.25, 0.3) is 0 Å². The molecule has 2 aromatic rings. The number of para-hydroxylation sites is 1. The molecule has 0 unspecified atom stereocenters. The van der Waals surface area contributed by atoms with Crippen molar-refractivity contribution in [3.05, 3.63) is 30.3 Å². The summed E-state index contributed by atoms with van der Waals surface area (Å²) in [5.74, 6) is 0. The van der Waals surface area contributed by atoms with Crippen molar-refractivity contribution in [1.82, 2.24) is 19.9 Å². The van der Waals surface area contributed by atoms with Gasteiger partial charge in [-0.1, -0.05) is 29.8 Å². The van der Waals surface area contributed by atoms with Crippen LogP contribution in [0.15, 0.2) is 30.3 Å². The highest BCUT2D eigenvalue weighted by Gasteiger charge is 2.07. The Balaban J connectivity index is 1.68. The number of aromatic nitrogens is 3. The van der Waals surface area contributed by atoms with E-state index in [-0.39, 0.29) is 0 Å². The van der Waals surface area contributed by atoms with Crippen LogP contribution in [0.3, 0.4) is 0 Å². The Morgan fingerprint density at radius 3 is 2.83 bits per heavy atom. The molecular formula is C14H18N4. The Bertz CT molecular complexity index is 537. The number of hydrogen-bond donors (Lipinski definition) is 0. The van der Waals surface area contributed by atoms with E-state index in [4.69, 9.17) is 0 Å². The molecule has 1 aromatic heterocycles. The maximum Gasteiger partial charge on any atom is 0.113 e. The zero-order chi connectivity index (χ0) is 12.2. The molecule has 0 bridgehead atoms. The Morgan fingerprint density at radius 2 is 1.94 bits per heavy atom. The zero-order valence-electron chi connectivity index (χ0n) is 10.5. The van der Waals surface area contributed by atoms with E-state index < -0.39 is 0 Å². The molecule has 2 heterocycles. The fourth-order valence-corrected chi connectivity index (χ4v) is 2.44. The monoisotopic (exact) mass is 242 g/mol. The van der Waals surface area contributed by atoms with Gasteiger partial charge in [-0.3, -0.25) is 4.90 Å². The standard InChI is InChI=1S/C14H18N4/c1-4-9-17(10-5-1)11-6-12-18-14-8-3-2-7-13(14)15-16-18/h2-3,6-8,12H,1,4-5,9-11H2/b12-6+. The van der Waals surface area contributed by atoms with Gasteiger partial charge in [0, 0.05) is 12.7 Å². The summed E-state index contributed by atoms with van der Waals surface area (Å²) in [5, 5.41) is 8.27. The predicted molar refractivity (Wildman–Crippen MR) is 73.1 cm³/mol. The van der Waals surface area contributed by atoms with Crippen LogP contribution in [0.25, 0.3) is 17.2 Å². The van der Waals surface area contributed by atoms with Gasteiger partial charge in [0.05, 0.1) is 5.52 Å². The highest BCUT2D eigenvalue weighted by atomic mass is 15.4. The highest BCUT2D eigenvalue weighted by molar-refractivity contribution is 5.75. The minimum Gasteiger partial charge on any atom is -0.300 e. The van der Waals surface area contributed by atoms with E-state index in [1.54, 1.807) is 0 Å². The molecule has 94 valence electrons. The lowest BCUT2D eigenvalue weighted by molar-refractivity contribution is 0.252. The quantitative estimate of drug-likeness (QED) is 0.828. The van der Waals surface area contributed by atoms with Crippen LogP contribution in [0.1, 0.15) is 19.3 Å². The third-order valence-corrected chi connectivity index (χ3v) is 3.44. The zero-order valence-corrected chi connectivity index (χ0v) is 10.5. The molecule has 1 aliphatic rings. The molecule has 0 N–H and O–H groups in total. The molecule has 3 rings (SSSR count). The molecule has 4 nitrogen and oxygen atoms in total. The van der Waals surface area contributed by atoms with Crippen LogP contribution in [-0.2, 0) is 0 Å². The predicted octanol–water partition coefficient (Wildman–Crippen LogP) is 2.39. The minimum atomic E-state index is 0.945. The van der Waals surface area contributed by atoms with Crippen LogP contribution in [-0.4, -0.2) is 39.5 Å².